The number of carbonyl (C=O) groups excluding carboxylic acids is 1. The number of amides is 1. The average molecular weight is 637 g/mol. The molecule has 9 rings (SSSR count). The van der Waals surface area contributed by atoms with Crippen LogP contribution in [-0.2, 0) is 4.79 Å². The molecule has 5 aliphatic rings. The number of fused-ring (bicyclic) bond motifs is 1. The van der Waals surface area contributed by atoms with E-state index in [2.05, 4.69) is 20.9 Å². The highest BCUT2D eigenvalue weighted by molar-refractivity contribution is 9.10. The second-order valence-corrected chi connectivity index (χ2v) is 14.0. The van der Waals surface area contributed by atoms with Crippen LogP contribution in [0.15, 0.2) is 87.2 Å². The van der Waals surface area contributed by atoms with Crippen LogP contribution >= 0.6 is 15.9 Å². The van der Waals surface area contributed by atoms with E-state index in [0.717, 1.165) is 57.1 Å². The van der Waals surface area contributed by atoms with Crippen LogP contribution in [0.25, 0.3) is 22.0 Å². The standard InChI is InChI=1S/C36H34BrN3O3/c1-43-31-10-6-5-9-26(31)30-17-29(39-40(30)35(42)36-18-21-13-22(19-36)15-23(14-21)20-36)33-32(24-7-3-2-4-8-24)27-16-25(37)11-12-28(27)38-34(33)41/h2-12,16,21-23,30H,13-15,17-20H2,1H3,(H,38,41). The van der Waals surface area contributed by atoms with Crippen molar-refractivity contribution in [2.24, 2.45) is 28.3 Å². The van der Waals surface area contributed by atoms with Gasteiger partial charge in [0.05, 0.1) is 29.8 Å². The van der Waals surface area contributed by atoms with E-state index in [1.165, 1.54) is 19.3 Å². The minimum Gasteiger partial charge on any atom is -0.496 e. The number of methoxy groups -OCH3 is 1. The third kappa shape index (κ3) is 4.38. The van der Waals surface area contributed by atoms with Gasteiger partial charge in [-0.25, -0.2) is 5.01 Å². The van der Waals surface area contributed by atoms with Crippen LogP contribution in [0.4, 0.5) is 0 Å². The van der Waals surface area contributed by atoms with Gasteiger partial charge < -0.3 is 9.72 Å². The van der Waals surface area contributed by atoms with Crippen LogP contribution in [0.2, 0.25) is 0 Å². The summed E-state index contributed by atoms with van der Waals surface area (Å²) in [5, 5.41) is 7.82. The number of para-hydroxylation sites is 1. The average Bonchev–Trinajstić information content (AvgIpc) is 3.44. The lowest BCUT2D eigenvalue weighted by Gasteiger charge is -2.56. The smallest absolute Gasteiger partial charge is 0.258 e. The zero-order chi connectivity index (χ0) is 29.3. The number of carbonyl (C=O) groups is 1. The number of hydrogen-bond acceptors (Lipinski definition) is 4. The van der Waals surface area contributed by atoms with Gasteiger partial charge in [-0.3, -0.25) is 9.59 Å². The predicted molar refractivity (Wildman–Crippen MR) is 172 cm³/mol. The molecule has 0 saturated heterocycles. The number of rotatable bonds is 5. The number of pyridine rings is 1. The number of aromatic amines is 1. The first-order chi connectivity index (χ1) is 20.9. The summed E-state index contributed by atoms with van der Waals surface area (Å²) < 4.78 is 6.73. The maximum Gasteiger partial charge on any atom is 0.258 e. The second kappa shape index (κ2) is 10.2. The Bertz CT molecular complexity index is 1810. The first kappa shape index (κ1) is 26.9. The number of ether oxygens (including phenoxy) is 1. The second-order valence-electron chi connectivity index (χ2n) is 13.1. The maximum absolute atomic E-state index is 14.8. The Labute approximate surface area is 259 Å². The molecule has 218 valence electrons. The Morgan fingerprint density at radius 2 is 1.60 bits per heavy atom. The highest BCUT2D eigenvalue weighted by Gasteiger charge is 2.57. The molecule has 0 radical (unpaired) electrons. The minimum absolute atomic E-state index is 0.124. The van der Waals surface area contributed by atoms with Crippen molar-refractivity contribution in [2.45, 2.75) is 51.0 Å². The van der Waals surface area contributed by atoms with Crippen molar-refractivity contribution in [3.05, 3.63) is 98.7 Å². The predicted octanol–water partition coefficient (Wildman–Crippen LogP) is 7.86. The first-order valence-corrected chi connectivity index (χ1v) is 16.2. The number of aromatic nitrogens is 1. The monoisotopic (exact) mass is 635 g/mol. The highest BCUT2D eigenvalue weighted by atomic mass is 79.9. The summed E-state index contributed by atoms with van der Waals surface area (Å²) in [6.07, 6.45) is 7.09. The number of hydrogen-bond donors (Lipinski definition) is 1. The first-order valence-electron chi connectivity index (χ1n) is 15.4. The molecule has 6 nitrogen and oxygen atoms in total. The summed E-state index contributed by atoms with van der Waals surface area (Å²) in [5.74, 6) is 2.76. The summed E-state index contributed by atoms with van der Waals surface area (Å²) in [7, 11) is 1.67. The van der Waals surface area contributed by atoms with Gasteiger partial charge in [0.2, 0.25) is 5.91 Å². The molecule has 3 aromatic carbocycles. The summed E-state index contributed by atoms with van der Waals surface area (Å²) in [6, 6.07) is 23.5. The van der Waals surface area contributed by atoms with Gasteiger partial charge in [-0.1, -0.05) is 64.5 Å². The van der Waals surface area contributed by atoms with Gasteiger partial charge in [0.15, 0.2) is 0 Å². The van der Waals surface area contributed by atoms with Crippen LogP contribution in [0.5, 0.6) is 5.75 Å². The Morgan fingerprint density at radius 1 is 0.930 bits per heavy atom. The van der Waals surface area contributed by atoms with E-state index in [1.807, 2.05) is 72.8 Å². The fourth-order valence-electron chi connectivity index (χ4n) is 9.09. The molecule has 7 heteroatoms. The topological polar surface area (TPSA) is 74.8 Å². The number of nitrogens with zero attached hydrogens (tertiary/aromatic N) is 2. The highest BCUT2D eigenvalue weighted by Crippen LogP contribution is 2.61. The molecule has 4 aromatic rings. The van der Waals surface area contributed by atoms with Gasteiger partial charge in [-0.15, -0.1) is 0 Å². The van der Waals surface area contributed by atoms with Gasteiger partial charge in [-0.05, 0) is 86.1 Å². The summed E-state index contributed by atoms with van der Waals surface area (Å²) in [4.78, 5) is 31.9. The number of nitrogens with one attached hydrogen (secondary N) is 1. The van der Waals surface area contributed by atoms with Gasteiger partial charge in [-0.2, -0.15) is 5.10 Å². The molecule has 0 spiro atoms. The number of hydrazone groups is 1. The third-order valence-corrected chi connectivity index (χ3v) is 10.9. The number of H-pyrrole nitrogens is 1. The lowest BCUT2D eigenvalue weighted by Crippen LogP contribution is -2.53. The van der Waals surface area contributed by atoms with Crippen LogP contribution in [0.1, 0.15) is 62.1 Å². The van der Waals surface area contributed by atoms with Gasteiger partial charge >= 0.3 is 0 Å². The quantitative estimate of drug-likeness (QED) is 0.242. The maximum atomic E-state index is 14.8. The Hall–Kier alpha value is -3.71. The molecule has 1 aliphatic heterocycles. The number of halogens is 1. The van der Waals surface area contributed by atoms with E-state index in [4.69, 9.17) is 9.84 Å². The van der Waals surface area contributed by atoms with Crippen molar-refractivity contribution in [3.8, 4) is 16.9 Å². The number of benzene rings is 3. The molecule has 1 atom stereocenters. The zero-order valence-corrected chi connectivity index (χ0v) is 25.8. The third-order valence-electron chi connectivity index (χ3n) is 10.4. The van der Waals surface area contributed by atoms with E-state index in [-0.39, 0.29) is 22.9 Å². The molecule has 1 unspecified atom stereocenters. The van der Waals surface area contributed by atoms with Crippen LogP contribution in [0.3, 0.4) is 0 Å². The van der Waals surface area contributed by atoms with E-state index in [1.54, 1.807) is 12.1 Å². The fourth-order valence-corrected chi connectivity index (χ4v) is 9.45. The van der Waals surface area contributed by atoms with Crippen molar-refractivity contribution in [1.82, 2.24) is 9.99 Å². The van der Waals surface area contributed by atoms with Crippen molar-refractivity contribution in [2.75, 3.05) is 7.11 Å². The minimum atomic E-state index is -0.364. The zero-order valence-electron chi connectivity index (χ0n) is 24.2. The Balaban J connectivity index is 1.31. The molecule has 4 saturated carbocycles. The molecular formula is C36H34BrN3O3. The van der Waals surface area contributed by atoms with Crippen molar-refractivity contribution in [1.29, 1.82) is 0 Å². The summed E-state index contributed by atoms with van der Waals surface area (Å²) >= 11 is 3.64. The molecule has 4 fully saturated rings. The fraction of sp³-hybridized carbons (Fsp3) is 0.361. The molecule has 2 heterocycles. The molecule has 4 aliphatic carbocycles. The van der Waals surface area contributed by atoms with Gasteiger partial charge in [0.25, 0.3) is 5.56 Å². The SMILES string of the molecule is COc1ccccc1C1CC(c2c(-c3ccccc3)c3cc(Br)ccc3[nH]c2=O)=NN1C(=O)C12CC3CC(CC(C3)C1)C2. The normalized spacial score (nSPS) is 27.5. The van der Waals surface area contributed by atoms with E-state index < -0.39 is 0 Å². The van der Waals surface area contributed by atoms with E-state index in [9.17, 15) is 9.59 Å². The van der Waals surface area contributed by atoms with Crippen LogP contribution in [-0.4, -0.2) is 28.7 Å². The summed E-state index contributed by atoms with van der Waals surface area (Å²) in [5.41, 5.74) is 4.05. The molecule has 1 N–H and O–H groups in total. The van der Waals surface area contributed by atoms with Crippen LogP contribution in [0, 0.1) is 23.2 Å². The van der Waals surface area contributed by atoms with E-state index >= 15 is 0 Å². The molecular weight excluding hydrogens is 602 g/mol. The molecule has 1 aromatic heterocycles. The van der Waals surface area contributed by atoms with Crippen molar-refractivity contribution in [3.63, 3.8) is 0 Å². The lowest BCUT2D eigenvalue weighted by atomic mass is 9.49. The molecule has 43 heavy (non-hydrogen) atoms. The van der Waals surface area contributed by atoms with Gasteiger partial charge in [0, 0.05) is 32.9 Å². The Kier molecular flexibility index (Phi) is 6.37. The lowest BCUT2D eigenvalue weighted by molar-refractivity contribution is -0.159. The van der Waals surface area contributed by atoms with Gasteiger partial charge in [0.1, 0.15) is 5.75 Å². The van der Waals surface area contributed by atoms with E-state index in [0.29, 0.717) is 35.4 Å². The molecule has 1 amide bonds. The van der Waals surface area contributed by atoms with Crippen molar-refractivity contribution >= 4 is 38.5 Å². The Morgan fingerprint density at radius 3 is 2.30 bits per heavy atom. The van der Waals surface area contributed by atoms with Crippen LogP contribution < -0.4 is 10.3 Å². The largest absolute Gasteiger partial charge is 0.496 e. The van der Waals surface area contributed by atoms with Crippen molar-refractivity contribution < 1.29 is 9.53 Å². The summed E-state index contributed by atoms with van der Waals surface area (Å²) in [6.45, 7) is 0. The molecule has 4 bridgehead atoms.